The maximum atomic E-state index is 11.8. The lowest BCUT2D eigenvalue weighted by atomic mass is 10.1. The third kappa shape index (κ3) is 3.57. The van der Waals surface area contributed by atoms with Crippen LogP contribution in [-0.2, 0) is 4.79 Å². The molecule has 0 bridgehead atoms. The Balaban J connectivity index is 2.77. The van der Waals surface area contributed by atoms with Crippen LogP contribution in [0.2, 0.25) is 0 Å². The van der Waals surface area contributed by atoms with Crippen LogP contribution in [-0.4, -0.2) is 34.7 Å². The molecule has 0 saturated carbocycles. The van der Waals surface area contributed by atoms with Crippen LogP contribution in [0, 0.1) is 6.92 Å². The van der Waals surface area contributed by atoms with Gasteiger partial charge in [0.2, 0.25) is 0 Å². The molecule has 1 amide bonds. The minimum atomic E-state index is -1.15. The fourth-order valence-corrected chi connectivity index (χ4v) is 1.45. The number of carboxylic acid groups (broad SMARTS) is 1. The molecule has 0 aromatic heterocycles. The van der Waals surface area contributed by atoms with E-state index in [1.54, 1.807) is 31.2 Å². The van der Waals surface area contributed by atoms with Gasteiger partial charge in [-0.25, -0.2) is 4.79 Å². The highest BCUT2D eigenvalue weighted by Gasteiger charge is 2.20. The zero-order valence-corrected chi connectivity index (χ0v) is 9.51. The number of aryl methyl sites for hydroxylation is 1. The molecule has 3 N–H and O–H groups in total. The van der Waals surface area contributed by atoms with Gasteiger partial charge in [0.1, 0.15) is 6.04 Å². The minimum Gasteiger partial charge on any atom is -0.480 e. The van der Waals surface area contributed by atoms with Crippen molar-refractivity contribution in [2.24, 2.45) is 0 Å². The lowest BCUT2D eigenvalue weighted by Crippen LogP contribution is -2.41. The maximum absolute atomic E-state index is 11.8. The first-order valence-corrected chi connectivity index (χ1v) is 5.26. The molecule has 0 heterocycles. The largest absolute Gasteiger partial charge is 0.480 e. The minimum absolute atomic E-state index is 0.00699. The summed E-state index contributed by atoms with van der Waals surface area (Å²) in [5, 5.41) is 19.9. The lowest BCUT2D eigenvalue weighted by Gasteiger charge is -2.14. The molecule has 5 nitrogen and oxygen atoms in total. The molecule has 0 fully saturated rings. The summed E-state index contributed by atoms with van der Waals surface area (Å²) in [6.45, 7) is 1.49. The smallest absolute Gasteiger partial charge is 0.326 e. The van der Waals surface area contributed by atoms with Crippen LogP contribution in [0.3, 0.4) is 0 Å². The van der Waals surface area contributed by atoms with Gasteiger partial charge in [-0.2, -0.15) is 0 Å². The van der Waals surface area contributed by atoms with Crippen molar-refractivity contribution < 1.29 is 19.8 Å². The van der Waals surface area contributed by atoms with Crippen molar-refractivity contribution in [1.29, 1.82) is 0 Å². The number of hydrogen-bond acceptors (Lipinski definition) is 3. The Kier molecular flexibility index (Phi) is 4.66. The number of aliphatic hydroxyl groups excluding tert-OH is 1. The Hall–Kier alpha value is -1.88. The summed E-state index contributed by atoms with van der Waals surface area (Å²) < 4.78 is 0. The molecule has 92 valence electrons. The molecule has 5 heteroatoms. The molecule has 1 aromatic rings. The fraction of sp³-hybridized carbons (Fsp3) is 0.333. The van der Waals surface area contributed by atoms with Crippen molar-refractivity contribution in [2.45, 2.75) is 19.4 Å². The number of carbonyl (C=O) groups is 2. The van der Waals surface area contributed by atoms with Crippen LogP contribution in [0.25, 0.3) is 0 Å². The van der Waals surface area contributed by atoms with Crippen LogP contribution in [0.15, 0.2) is 24.3 Å². The number of hydrogen-bond donors (Lipinski definition) is 3. The van der Waals surface area contributed by atoms with Crippen LogP contribution < -0.4 is 5.32 Å². The van der Waals surface area contributed by atoms with Crippen molar-refractivity contribution >= 4 is 11.9 Å². The molecular formula is C12H15NO4. The monoisotopic (exact) mass is 237 g/mol. The first kappa shape index (κ1) is 13.2. The van der Waals surface area contributed by atoms with Gasteiger partial charge in [0.05, 0.1) is 0 Å². The van der Waals surface area contributed by atoms with E-state index in [2.05, 4.69) is 5.32 Å². The van der Waals surface area contributed by atoms with E-state index in [0.29, 0.717) is 5.56 Å². The second-order valence-electron chi connectivity index (χ2n) is 3.69. The molecule has 0 unspecified atom stereocenters. The number of aliphatic carboxylic acids is 1. The molecule has 0 aliphatic heterocycles. The van der Waals surface area contributed by atoms with Crippen molar-refractivity contribution in [2.75, 3.05) is 6.61 Å². The summed E-state index contributed by atoms with van der Waals surface area (Å²) >= 11 is 0. The molecule has 0 saturated heterocycles. The predicted octanol–water partition coefficient (Wildman–Crippen LogP) is 0.560. The van der Waals surface area contributed by atoms with Gasteiger partial charge in [0.15, 0.2) is 0 Å². The quantitative estimate of drug-likeness (QED) is 0.698. The standard InChI is InChI=1S/C12H15NO4/c1-8-4-2-3-5-9(8)11(15)13-10(6-7-14)12(16)17/h2-5,10,14H,6-7H2,1H3,(H,13,15)(H,16,17)/t10-/m0/s1. The van der Waals surface area contributed by atoms with E-state index in [1.165, 1.54) is 0 Å². The molecule has 1 aromatic carbocycles. The zero-order valence-electron chi connectivity index (χ0n) is 9.51. The van der Waals surface area contributed by atoms with Gasteiger partial charge in [-0.05, 0) is 18.6 Å². The average Bonchev–Trinajstić information content (AvgIpc) is 2.28. The highest BCUT2D eigenvalue weighted by atomic mass is 16.4. The normalized spacial score (nSPS) is 11.9. The fourth-order valence-electron chi connectivity index (χ4n) is 1.45. The van der Waals surface area contributed by atoms with Gasteiger partial charge in [-0.15, -0.1) is 0 Å². The first-order valence-electron chi connectivity index (χ1n) is 5.26. The third-order valence-electron chi connectivity index (χ3n) is 2.41. The van der Waals surface area contributed by atoms with E-state index in [0.717, 1.165) is 5.56 Å². The van der Waals surface area contributed by atoms with Gasteiger partial charge >= 0.3 is 5.97 Å². The molecule has 17 heavy (non-hydrogen) atoms. The Labute approximate surface area is 99.1 Å². The maximum Gasteiger partial charge on any atom is 0.326 e. The summed E-state index contributed by atoms with van der Waals surface area (Å²) in [7, 11) is 0. The van der Waals surface area contributed by atoms with Crippen molar-refractivity contribution in [3.05, 3.63) is 35.4 Å². The first-order chi connectivity index (χ1) is 8.06. The molecular weight excluding hydrogens is 222 g/mol. The van der Waals surface area contributed by atoms with Crippen molar-refractivity contribution in [1.82, 2.24) is 5.32 Å². The molecule has 0 spiro atoms. The molecule has 1 rings (SSSR count). The Morgan fingerprint density at radius 3 is 2.53 bits per heavy atom. The van der Waals surface area contributed by atoms with Crippen LogP contribution in [0.5, 0.6) is 0 Å². The second-order valence-corrected chi connectivity index (χ2v) is 3.69. The van der Waals surface area contributed by atoms with Gasteiger partial charge in [-0.1, -0.05) is 18.2 Å². The van der Waals surface area contributed by atoms with E-state index < -0.39 is 17.9 Å². The number of carboxylic acids is 1. The SMILES string of the molecule is Cc1ccccc1C(=O)N[C@@H](CCO)C(=O)O. The second kappa shape index (κ2) is 6.00. The zero-order chi connectivity index (χ0) is 12.8. The summed E-state index contributed by atoms with van der Waals surface area (Å²) in [6, 6.07) is 5.85. The number of nitrogens with one attached hydrogen (secondary N) is 1. The third-order valence-corrected chi connectivity index (χ3v) is 2.41. The molecule has 0 radical (unpaired) electrons. The van der Waals surface area contributed by atoms with E-state index in [1.807, 2.05) is 0 Å². The summed E-state index contributed by atoms with van der Waals surface area (Å²) in [4.78, 5) is 22.6. The summed E-state index contributed by atoms with van der Waals surface area (Å²) in [6.07, 6.45) is -0.00699. The Morgan fingerprint density at radius 1 is 1.35 bits per heavy atom. The van der Waals surface area contributed by atoms with E-state index in [-0.39, 0.29) is 13.0 Å². The number of rotatable bonds is 5. The summed E-state index contributed by atoms with van der Waals surface area (Å²) in [5.74, 6) is -1.59. The summed E-state index contributed by atoms with van der Waals surface area (Å²) in [5.41, 5.74) is 1.22. The van der Waals surface area contributed by atoms with Crippen molar-refractivity contribution in [3.8, 4) is 0 Å². The topological polar surface area (TPSA) is 86.6 Å². The Morgan fingerprint density at radius 2 is 2.00 bits per heavy atom. The highest BCUT2D eigenvalue weighted by molar-refractivity contribution is 5.97. The predicted molar refractivity (Wildman–Crippen MR) is 61.8 cm³/mol. The van der Waals surface area contributed by atoms with Crippen LogP contribution >= 0.6 is 0 Å². The van der Waals surface area contributed by atoms with Crippen LogP contribution in [0.4, 0.5) is 0 Å². The van der Waals surface area contributed by atoms with Gasteiger partial charge in [0, 0.05) is 18.6 Å². The molecule has 1 atom stereocenters. The number of carbonyl (C=O) groups excluding carboxylic acids is 1. The van der Waals surface area contributed by atoms with Gasteiger partial charge < -0.3 is 15.5 Å². The Bertz CT molecular complexity index is 417. The van der Waals surface area contributed by atoms with E-state index in [4.69, 9.17) is 10.2 Å². The van der Waals surface area contributed by atoms with Gasteiger partial charge in [-0.3, -0.25) is 4.79 Å². The number of aliphatic hydroxyl groups is 1. The lowest BCUT2D eigenvalue weighted by molar-refractivity contribution is -0.139. The van der Waals surface area contributed by atoms with Gasteiger partial charge in [0.25, 0.3) is 5.91 Å². The molecule has 0 aliphatic carbocycles. The van der Waals surface area contributed by atoms with Crippen molar-refractivity contribution in [3.63, 3.8) is 0 Å². The van der Waals surface area contributed by atoms with Crippen LogP contribution in [0.1, 0.15) is 22.3 Å². The number of benzene rings is 1. The van der Waals surface area contributed by atoms with E-state index >= 15 is 0 Å². The number of amides is 1. The molecule has 0 aliphatic rings. The average molecular weight is 237 g/mol. The highest BCUT2D eigenvalue weighted by Crippen LogP contribution is 2.07. The van der Waals surface area contributed by atoms with E-state index in [9.17, 15) is 9.59 Å².